The number of thioether (sulfide) groups is 1. The molecular formula is C11H14N6O2S. The molecule has 9 heteroatoms. The Kier molecular flexibility index (Phi) is 4.53. The Labute approximate surface area is 119 Å². The SMILES string of the molecule is COc1ccc(-n2nnnc2SC(C)C(=O)NN)cc1. The number of aromatic nitrogens is 4. The van der Waals surface area contributed by atoms with Crippen molar-refractivity contribution in [2.45, 2.75) is 17.3 Å². The van der Waals surface area contributed by atoms with Gasteiger partial charge in [-0.25, -0.2) is 5.84 Å². The molecule has 1 amide bonds. The number of carbonyl (C=O) groups excluding carboxylic acids is 1. The van der Waals surface area contributed by atoms with Crippen LogP contribution in [-0.2, 0) is 4.79 Å². The van der Waals surface area contributed by atoms with E-state index in [2.05, 4.69) is 21.0 Å². The normalized spacial score (nSPS) is 11.9. The number of rotatable bonds is 5. The summed E-state index contributed by atoms with van der Waals surface area (Å²) in [6, 6.07) is 7.27. The molecule has 0 aliphatic heterocycles. The fourth-order valence-corrected chi connectivity index (χ4v) is 2.28. The minimum absolute atomic E-state index is 0.292. The number of benzene rings is 1. The highest BCUT2D eigenvalue weighted by atomic mass is 32.2. The van der Waals surface area contributed by atoms with Gasteiger partial charge in [-0.15, -0.1) is 5.10 Å². The van der Waals surface area contributed by atoms with Gasteiger partial charge in [-0.3, -0.25) is 10.2 Å². The number of carbonyl (C=O) groups is 1. The van der Waals surface area contributed by atoms with Crippen molar-refractivity contribution in [2.75, 3.05) is 7.11 Å². The first-order valence-electron chi connectivity index (χ1n) is 5.75. The van der Waals surface area contributed by atoms with E-state index >= 15 is 0 Å². The molecule has 1 aromatic carbocycles. The number of nitrogens with zero attached hydrogens (tertiary/aromatic N) is 4. The Morgan fingerprint density at radius 1 is 1.45 bits per heavy atom. The van der Waals surface area contributed by atoms with Crippen molar-refractivity contribution in [2.24, 2.45) is 5.84 Å². The predicted molar refractivity (Wildman–Crippen MR) is 73.4 cm³/mol. The average Bonchev–Trinajstić information content (AvgIpc) is 2.94. The molecule has 0 saturated carbocycles. The Hall–Kier alpha value is -2.13. The highest BCUT2D eigenvalue weighted by molar-refractivity contribution is 8.00. The van der Waals surface area contributed by atoms with Gasteiger partial charge in [0.1, 0.15) is 5.75 Å². The molecule has 0 aliphatic carbocycles. The topological polar surface area (TPSA) is 108 Å². The molecular weight excluding hydrogens is 280 g/mol. The van der Waals surface area contributed by atoms with E-state index in [1.807, 2.05) is 24.3 Å². The summed E-state index contributed by atoms with van der Waals surface area (Å²) in [6.45, 7) is 1.72. The van der Waals surface area contributed by atoms with Crippen LogP contribution >= 0.6 is 11.8 Å². The van der Waals surface area contributed by atoms with Gasteiger partial charge in [-0.05, 0) is 41.6 Å². The third kappa shape index (κ3) is 3.06. The summed E-state index contributed by atoms with van der Waals surface area (Å²) in [5.74, 6) is 5.55. The highest BCUT2D eigenvalue weighted by Gasteiger charge is 2.18. The summed E-state index contributed by atoms with van der Waals surface area (Å²) in [6.07, 6.45) is 0. The zero-order valence-corrected chi connectivity index (χ0v) is 11.8. The van der Waals surface area contributed by atoms with Crippen molar-refractivity contribution in [3.63, 3.8) is 0 Å². The highest BCUT2D eigenvalue weighted by Crippen LogP contribution is 2.23. The van der Waals surface area contributed by atoms with E-state index in [1.54, 1.807) is 18.7 Å². The molecule has 2 aromatic rings. The lowest BCUT2D eigenvalue weighted by Crippen LogP contribution is -2.36. The molecule has 8 nitrogen and oxygen atoms in total. The number of hydrazine groups is 1. The summed E-state index contributed by atoms with van der Waals surface area (Å²) >= 11 is 1.22. The van der Waals surface area contributed by atoms with Crippen molar-refractivity contribution in [3.8, 4) is 11.4 Å². The number of methoxy groups -OCH3 is 1. The van der Waals surface area contributed by atoms with Crippen LogP contribution in [0.15, 0.2) is 29.4 Å². The van der Waals surface area contributed by atoms with Crippen LogP contribution in [0, 0.1) is 0 Å². The van der Waals surface area contributed by atoms with Gasteiger partial charge < -0.3 is 4.74 Å². The molecule has 1 aromatic heterocycles. The molecule has 0 spiro atoms. The van der Waals surface area contributed by atoms with Crippen LogP contribution in [0.2, 0.25) is 0 Å². The number of hydrogen-bond donors (Lipinski definition) is 2. The first kappa shape index (κ1) is 14.3. The fourth-order valence-electron chi connectivity index (χ4n) is 1.47. The second kappa shape index (κ2) is 6.35. The number of tetrazole rings is 1. The van der Waals surface area contributed by atoms with Gasteiger partial charge in [-0.1, -0.05) is 11.8 Å². The molecule has 1 heterocycles. The maximum absolute atomic E-state index is 11.4. The van der Waals surface area contributed by atoms with Crippen molar-refractivity contribution < 1.29 is 9.53 Å². The van der Waals surface area contributed by atoms with Crippen LogP contribution in [0.1, 0.15) is 6.92 Å². The van der Waals surface area contributed by atoms with Crippen molar-refractivity contribution >= 4 is 17.7 Å². The summed E-state index contributed by atoms with van der Waals surface area (Å²) in [7, 11) is 1.60. The monoisotopic (exact) mass is 294 g/mol. The number of hydrogen-bond acceptors (Lipinski definition) is 7. The lowest BCUT2D eigenvalue weighted by molar-refractivity contribution is -0.120. The van der Waals surface area contributed by atoms with Crippen molar-refractivity contribution in [3.05, 3.63) is 24.3 Å². The molecule has 1 atom stereocenters. The van der Waals surface area contributed by atoms with E-state index in [-0.39, 0.29) is 5.91 Å². The Bertz CT molecular complexity index is 585. The van der Waals surface area contributed by atoms with Crippen LogP contribution in [-0.4, -0.2) is 38.5 Å². The van der Waals surface area contributed by atoms with E-state index in [9.17, 15) is 4.79 Å². The zero-order chi connectivity index (χ0) is 14.5. The lowest BCUT2D eigenvalue weighted by atomic mass is 10.3. The van der Waals surface area contributed by atoms with Crippen molar-refractivity contribution in [1.82, 2.24) is 25.6 Å². The maximum Gasteiger partial charge on any atom is 0.247 e. The summed E-state index contributed by atoms with van der Waals surface area (Å²) in [5.41, 5.74) is 2.87. The van der Waals surface area contributed by atoms with E-state index in [0.717, 1.165) is 11.4 Å². The molecule has 0 saturated heterocycles. The van der Waals surface area contributed by atoms with Crippen LogP contribution < -0.4 is 16.0 Å². The van der Waals surface area contributed by atoms with E-state index in [0.29, 0.717) is 5.16 Å². The van der Waals surface area contributed by atoms with Gasteiger partial charge in [0.15, 0.2) is 0 Å². The Morgan fingerprint density at radius 2 is 2.15 bits per heavy atom. The van der Waals surface area contributed by atoms with Gasteiger partial charge in [0.05, 0.1) is 18.0 Å². The van der Waals surface area contributed by atoms with Crippen LogP contribution in [0.25, 0.3) is 5.69 Å². The fraction of sp³-hybridized carbons (Fsp3) is 0.273. The quantitative estimate of drug-likeness (QED) is 0.349. The molecule has 0 aliphatic rings. The van der Waals surface area contributed by atoms with Crippen molar-refractivity contribution in [1.29, 1.82) is 0 Å². The standard InChI is InChI=1S/C11H14N6O2S/c1-7(10(18)13-12)20-11-14-15-16-17(11)8-3-5-9(19-2)6-4-8/h3-7H,12H2,1-2H3,(H,13,18). The number of nitrogens with two attached hydrogens (primary N) is 1. The van der Waals surface area contributed by atoms with E-state index in [4.69, 9.17) is 10.6 Å². The molecule has 3 N–H and O–H groups in total. The van der Waals surface area contributed by atoms with Crippen LogP contribution in [0.4, 0.5) is 0 Å². The molecule has 0 bridgehead atoms. The second-order valence-electron chi connectivity index (χ2n) is 3.84. The number of nitrogens with one attached hydrogen (secondary N) is 1. The minimum atomic E-state index is -0.400. The molecule has 20 heavy (non-hydrogen) atoms. The predicted octanol–water partition coefficient (Wildman–Crippen LogP) is 0.141. The Morgan fingerprint density at radius 3 is 2.75 bits per heavy atom. The average molecular weight is 294 g/mol. The summed E-state index contributed by atoms with van der Waals surface area (Å²) < 4.78 is 6.64. The smallest absolute Gasteiger partial charge is 0.247 e. The van der Waals surface area contributed by atoms with E-state index in [1.165, 1.54) is 11.8 Å². The summed E-state index contributed by atoms with van der Waals surface area (Å²) in [4.78, 5) is 11.4. The third-order valence-electron chi connectivity index (χ3n) is 2.55. The van der Waals surface area contributed by atoms with Gasteiger partial charge in [0, 0.05) is 0 Å². The first-order valence-corrected chi connectivity index (χ1v) is 6.63. The molecule has 2 rings (SSSR count). The van der Waals surface area contributed by atoms with Gasteiger partial charge in [0.2, 0.25) is 11.1 Å². The first-order chi connectivity index (χ1) is 9.65. The molecule has 106 valence electrons. The van der Waals surface area contributed by atoms with Gasteiger partial charge in [0.25, 0.3) is 0 Å². The zero-order valence-electron chi connectivity index (χ0n) is 11.0. The van der Waals surface area contributed by atoms with E-state index < -0.39 is 5.25 Å². The van der Waals surface area contributed by atoms with Crippen LogP contribution in [0.5, 0.6) is 5.75 Å². The second-order valence-corrected chi connectivity index (χ2v) is 5.15. The Balaban J connectivity index is 2.21. The third-order valence-corrected chi connectivity index (χ3v) is 3.58. The number of ether oxygens (including phenoxy) is 1. The molecule has 0 radical (unpaired) electrons. The molecule has 0 fully saturated rings. The lowest BCUT2D eigenvalue weighted by Gasteiger charge is -2.09. The largest absolute Gasteiger partial charge is 0.497 e. The van der Waals surface area contributed by atoms with Gasteiger partial charge >= 0.3 is 0 Å². The van der Waals surface area contributed by atoms with Gasteiger partial charge in [-0.2, -0.15) is 4.68 Å². The summed E-state index contributed by atoms with van der Waals surface area (Å²) in [5, 5.41) is 11.5. The molecule has 1 unspecified atom stereocenters. The maximum atomic E-state index is 11.4. The minimum Gasteiger partial charge on any atom is -0.497 e. The van der Waals surface area contributed by atoms with Crippen LogP contribution in [0.3, 0.4) is 0 Å². The number of amides is 1.